The van der Waals surface area contributed by atoms with Gasteiger partial charge in [0.15, 0.2) is 5.78 Å². The highest BCUT2D eigenvalue weighted by Crippen LogP contribution is 2.15. The van der Waals surface area contributed by atoms with E-state index in [2.05, 4.69) is 5.32 Å². The summed E-state index contributed by atoms with van der Waals surface area (Å²) in [6, 6.07) is 5.50. The lowest BCUT2D eigenvalue weighted by molar-refractivity contribution is -0.129. The number of benzene rings is 1. The fourth-order valence-corrected chi connectivity index (χ4v) is 3.14. The van der Waals surface area contributed by atoms with Crippen molar-refractivity contribution in [2.45, 2.75) is 51.7 Å². The first-order valence-electron chi connectivity index (χ1n) is 8.91. The van der Waals surface area contributed by atoms with Crippen LogP contribution in [0.3, 0.4) is 0 Å². The minimum atomic E-state index is -0.592. The normalized spacial score (nSPS) is 20.4. The Hall–Kier alpha value is -1.79. The summed E-state index contributed by atoms with van der Waals surface area (Å²) in [6.45, 7) is 5.31. The molecule has 1 amide bonds. The Balaban J connectivity index is 1.92. The molecule has 3 N–H and O–H groups in total. The molecule has 1 heterocycles. The molecule has 0 saturated carbocycles. The van der Waals surface area contributed by atoms with E-state index >= 15 is 0 Å². The Labute approximate surface area is 148 Å². The predicted molar refractivity (Wildman–Crippen MR) is 95.3 cm³/mol. The minimum absolute atomic E-state index is 0.0427. The summed E-state index contributed by atoms with van der Waals surface area (Å²) < 4.78 is 13.8. The van der Waals surface area contributed by atoms with Crippen LogP contribution in [0.15, 0.2) is 24.3 Å². The number of likely N-dealkylation sites (tertiary alicyclic amines) is 1. The molecule has 138 valence electrons. The van der Waals surface area contributed by atoms with Crippen LogP contribution in [-0.2, 0) is 16.1 Å². The summed E-state index contributed by atoms with van der Waals surface area (Å²) in [5, 5.41) is 2.80. The number of hydrogen-bond donors (Lipinski definition) is 2. The molecule has 5 nitrogen and oxygen atoms in total. The highest BCUT2D eigenvalue weighted by Gasteiger charge is 2.28. The van der Waals surface area contributed by atoms with Crippen LogP contribution in [0.2, 0.25) is 0 Å². The summed E-state index contributed by atoms with van der Waals surface area (Å²) in [4.78, 5) is 26.6. The third-order valence-corrected chi connectivity index (χ3v) is 4.47. The summed E-state index contributed by atoms with van der Waals surface area (Å²) in [5.74, 6) is -0.251. The Bertz CT molecular complexity index is 606. The molecule has 1 aliphatic heterocycles. The van der Waals surface area contributed by atoms with E-state index in [4.69, 9.17) is 5.73 Å². The van der Waals surface area contributed by atoms with E-state index in [0.29, 0.717) is 37.4 Å². The van der Waals surface area contributed by atoms with Gasteiger partial charge in [-0.1, -0.05) is 32.0 Å². The van der Waals surface area contributed by atoms with Crippen LogP contribution in [0.1, 0.15) is 38.7 Å². The van der Waals surface area contributed by atoms with Crippen molar-refractivity contribution in [1.82, 2.24) is 10.2 Å². The Kier molecular flexibility index (Phi) is 7.08. The van der Waals surface area contributed by atoms with Gasteiger partial charge >= 0.3 is 0 Å². The van der Waals surface area contributed by atoms with Gasteiger partial charge in [-0.05, 0) is 37.8 Å². The summed E-state index contributed by atoms with van der Waals surface area (Å²) in [7, 11) is 0. The molecule has 1 saturated heterocycles. The predicted octanol–water partition coefficient (Wildman–Crippen LogP) is 1.85. The Morgan fingerprint density at radius 1 is 1.40 bits per heavy atom. The molecule has 2 rings (SSSR count). The zero-order valence-corrected chi connectivity index (χ0v) is 15.0. The highest BCUT2D eigenvalue weighted by atomic mass is 19.1. The third-order valence-electron chi connectivity index (χ3n) is 4.47. The topological polar surface area (TPSA) is 75.4 Å². The number of hydrogen-bond acceptors (Lipinski definition) is 4. The van der Waals surface area contributed by atoms with Crippen molar-refractivity contribution in [3.63, 3.8) is 0 Å². The van der Waals surface area contributed by atoms with E-state index in [9.17, 15) is 14.0 Å². The molecule has 1 aromatic carbocycles. The van der Waals surface area contributed by atoms with E-state index in [1.807, 2.05) is 18.7 Å². The number of carbonyl (C=O) groups is 2. The van der Waals surface area contributed by atoms with Crippen molar-refractivity contribution in [1.29, 1.82) is 0 Å². The molecular weight excluding hydrogens is 321 g/mol. The maximum Gasteiger partial charge on any atom is 0.237 e. The molecule has 0 radical (unpaired) electrons. The molecular formula is C19H28FN3O2. The average molecular weight is 349 g/mol. The lowest BCUT2D eigenvalue weighted by atomic mass is 10.0. The van der Waals surface area contributed by atoms with Crippen molar-refractivity contribution in [3.8, 4) is 0 Å². The van der Waals surface area contributed by atoms with E-state index in [-0.39, 0.29) is 24.1 Å². The van der Waals surface area contributed by atoms with Crippen molar-refractivity contribution < 1.29 is 14.0 Å². The molecule has 1 aliphatic rings. The standard InChI is InChI=1S/C19H28FN3O2/c1-13(2)10-16(21)19(25)22-17-8-5-9-23(12-18(17)24)11-14-6-3-4-7-15(14)20/h3-4,6-7,13,16-17H,5,8-12,21H2,1-2H3,(H,22,25)/t16-,17?/m0/s1. The largest absolute Gasteiger partial charge is 0.345 e. The zero-order chi connectivity index (χ0) is 18.4. The van der Waals surface area contributed by atoms with Gasteiger partial charge < -0.3 is 11.1 Å². The van der Waals surface area contributed by atoms with E-state index in [1.54, 1.807) is 18.2 Å². The maximum atomic E-state index is 13.8. The lowest BCUT2D eigenvalue weighted by Gasteiger charge is -2.21. The fraction of sp³-hybridized carbons (Fsp3) is 0.579. The number of Topliss-reactive ketones (excluding diaryl/α,β-unsaturated/α-hetero) is 1. The van der Waals surface area contributed by atoms with Crippen LogP contribution in [0.4, 0.5) is 4.39 Å². The van der Waals surface area contributed by atoms with Gasteiger partial charge in [0.25, 0.3) is 0 Å². The summed E-state index contributed by atoms with van der Waals surface area (Å²) in [5.41, 5.74) is 6.47. The second kappa shape index (κ2) is 9.06. The zero-order valence-electron chi connectivity index (χ0n) is 15.0. The minimum Gasteiger partial charge on any atom is -0.345 e. The maximum absolute atomic E-state index is 13.8. The molecule has 0 aromatic heterocycles. The quantitative estimate of drug-likeness (QED) is 0.822. The van der Waals surface area contributed by atoms with Crippen LogP contribution in [0.25, 0.3) is 0 Å². The van der Waals surface area contributed by atoms with Crippen molar-refractivity contribution in [2.75, 3.05) is 13.1 Å². The third kappa shape index (κ3) is 5.90. The van der Waals surface area contributed by atoms with Gasteiger partial charge in [-0.15, -0.1) is 0 Å². The van der Waals surface area contributed by atoms with Gasteiger partial charge in [-0.25, -0.2) is 4.39 Å². The molecule has 0 bridgehead atoms. The number of carbonyl (C=O) groups excluding carboxylic acids is 2. The second-order valence-electron chi connectivity index (χ2n) is 7.21. The molecule has 1 fully saturated rings. The number of nitrogens with zero attached hydrogens (tertiary/aromatic N) is 1. The van der Waals surface area contributed by atoms with Crippen molar-refractivity contribution >= 4 is 11.7 Å². The smallest absolute Gasteiger partial charge is 0.237 e. The van der Waals surface area contributed by atoms with Gasteiger partial charge in [0.1, 0.15) is 5.82 Å². The molecule has 0 spiro atoms. The number of nitrogens with one attached hydrogen (secondary N) is 1. The molecule has 1 aromatic rings. The highest BCUT2D eigenvalue weighted by molar-refractivity contribution is 5.92. The van der Waals surface area contributed by atoms with Gasteiger partial charge in [0, 0.05) is 12.1 Å². The van der Waals surface area contributed by atoms with Gasteiger partial charge in [-0.3, -0.25) is 14.5 Å². The van der Waals surface area contributed by atoms with Crippen LogP contribution >= 0.6 is 0 Å². The molecule has 6 heteroatoms. The monoisotopic (exact) mass is 349 g/mol. The number of nitrogens with two attached hydrogens (primary N) is 1. The second-order valence-corrected chi connectivity index (χ2v) is 7.21. The summed E-state index contributed by atoms with van der Waals surface area (Å²) in [6.07, 6.45) is 1.95. The van der Waals surface area contributed by atoms with Gasteiger partial charge in [0.2, 0.25) is 5.91 Å². The van der Waals surface area contributed by atoms with Gasteiger partial charge in [0.05, 0.1) is 18.6 Å². The van der Waals surface area contributed by atoms with E-state index in [0.717, 1.165) is 6.42 Å². The first-order valence-corrected chi connectivity index (χ1v) is 8.91. The van der Waals surface area contributed by atoms with Crippen molar-refractivity contribution in [3.05, 3.63) is 35.6 Å². The van der Waals surface area contributed by atoms with E-state index in [1.165, 1.54) is 6.07 Å². The Morgan fingerprint density at radius 3 is 2.80 bits per heavy atom. The SMILES string of the molecule is CC(C)C[C@H](N)C(=O)NC1CCCN(Cc2ccccc2F)CC1=O. The molecule has 25 heavy (non-hydrogen) atoms. The van der Waals surface area contributed by atoms with Crippen LogP contribution in [0, 0.1) is 11.7 Å². The Morgan fingerprint density at radius 2 is 2.12 bits per heavy atom. The number of ketones is 1. The number of amides is 1. The van der Waals surface area contributed by atoms with Crippen LogP contribution < -0.4 is 11.1 Å². The summed E-state index contributed by atoms with van der Waals surface area (Å²) >= 11 is 0. The molecule has 0 aliphatic carbocycles. The van der Waals surface area contributed by atoms with Gasteiger partial charge in [-0.2, -0.15) is 0 Å². The number of rotatable bonds is 6. The molecule has 1 unspecified atom stereocenters. The first kappa shape index (κ1) is 19.5. The van der Waals surface area contributed by atoms with Crippen molar-refractivity contribution in [2.24, 2.45) is 11.7 Å². The lowest BCUT2D eigenvalue weighted by Crippen LogP contribution is -2.49. The first-order chi connectivity index (χ1) is 11.9. The van der Waals surface area contributed by atoms with Crippen LogP contribution in [-0.4, -0.2) is 41.8 Å². The molecule has 2 atom stereocenters. The number of halogens is 1. The average Bonchev–Trinajstić information content (AvgIpc) is 2.71. The van der Waals surface area contributed by atoms with Crippen LogP contribution in [0.5, 0.6) is 0 Å². The van der Waals surface area contributed by atoms with E-state index < -0.39 is 12.1 Å². The fourth-order valence-electron chi connectivity index (χ4n) is 3.14.